The number of hydrogen-bond donors (Lipinski definition) is 2. The Bertz CT molecular complexity index is 229. The second-order valence-electron chi connectivity index (χ2n) is 3.91. The molecule has 96 valence electrons. The lowest BCUT2D eigenvalue weighted by atomic mass is 10.1. The SMILES string of the molecule is Cl.NC(C(=O)NCC1CCCC1)C(F)(F)F. The maximum absolute atomic E-state index is 12.0. The smallest absolute Gasteiger partial charge is 0.354 e. The van der Waals surface area contributed by atoms with E-state index >= 15 is 0 Å². The molecule has 1 unspecified atom stereocenters. The van der Waals surface area contributed by atoms with Gasteiger partial charge in [0.1, 0.15) is 0 Å². The largest absolute Gasteiger partial charge is 0.412 e. The Morgan fingerprint density at radius 3 is 2.31 bits per heavy atom. The molecule has 1 aliphatic rings. The van der Waals surface area contributed by atoms with Crippen LogP contribution in [0.25, 0.3) is 0 Å². The van der Waals surface area contributed by atoms with Crippen LogP contribution in [0.4, 0.5) is 13.2 Å². The van der Waals surface area contributed by atoms with Crippen molar-refractivity contribution in [2.24, 2.45) is 11.7 Å². The molecule has 1 amide bonds. The molecule has 1 atom stereocenters. The lowest BCUT2D eigenvalue weighted by Gasteiger charge is -2.17. The fourth-order valence-corrected chi connectivity index (χ4v) is 1.72. The summed E-state index contributed by atoms with van der Waals surface area (Å²) in [5, 5.41) is 2.25. The van der Waals surface area contributed by atoms with Gasteiger partial charge in [-0.3, -0.25) is 4.79 Å². The van der Waals surface area contributed by atoms with E-state index in [-0.39, 0.29) is 12.4 Å². The molecule has 1 rings (SSSR count). The number of carbonyl (C=O) groups excluding carboxylic acids is 1. The number of amides is 1. The van der Waals surface area contributed by atoms with E-state index in [1.54, 1.807) is 0 Å². The first-order valence-corrected chi connectivity index (χ1v) is 5.01. The third-order valence-electron chi connectivity index (χ3n) is 2.67. The van der Waals surface area contributed by atoms with Crippen LogP contribution in [0.1, 0.15) is 25.7 Å². The molecule has 0 spiro atoms. The van der Waals surface area contributed by atoms with Crippen molar-refractivity contribution < 1.29 is 18.0 Å². The van der Waals surface area contributed by atoms with E-state index in [9.17, 15) is 18.0 Å². The van der Waals surface area contributed by atoms with Gasteiger partial charge in [0.15, 0.2) is 6.04 Å². The number of rotatable bonds is 3. The van der Waals surface area contributed by atoms with E-state index in [1.807, 2.05) is 0 Å². The highest BCUT2D eigenvalue weighted by Gasteiger charge is 2.41. The van der Waals surface area contributed by atoms with Crippen LogP contribution in [0.5, 0.6) is 0 Å². The minimum absolute atomic E-state index is 0. The Balaban J connectivity index is 0.00000225. The summed E-state index contributed by atoms with van der Waals surface area (Å²) >= 11 is 0. The van der Waals surface area contributed by atoms with Crippen molar-refractivity contribution >= 4 is 18.3 Å². The van der Waals surface area contributed by atoms with Crippen molar-refractivity contribution in [1.82, 2.24) is 5.32 Å². The monoisotopic (exact) mass is 260 g/mol. The fourth-order valence-electron chi connectivity index (χ4n) is 1.72. The first-order valence-electron chi connectivity index (χ1n) is 5.01. The molecule has 0 saturated heterocycles. The third-order valence-corrected chi connectivity index (χ3v) is 2.67. The van der Waals surface area contributed by atoms with Gasteiger partial charge in [-0.15, -0.1) is 12.4 Å². The van der Waals surface area contributed by atoms with Gasteiger partial charge in [-0.1, -0.05) is 12.8 Å². The summed E-state index contributed by atoms with van der Waals surface area (Å²) in [6, 6.07) is -2.40. The summed E-state index contributed by atoms with van der Waals surface area (Å²) in [5.41, 5.74) is 4.74. The van der Waals surface area contributed by atoms with Gasteiger partial charge in [0.2, 0.25) is 5.91 Å². The number of nitrogens with one attached hydrogen (secondary N) is 1. The van der Waals surface area contributed by atoms with Crippen LogP contribution in [-0.2, 0) is 4.79 Å². The molecule has 3 nitrogen and oxygen atoms in total. The van der Waals surface area contributed by atoms with Crippen molar-refractivity contribution in [3.8, 4) is 0 Å². The molecule has 0 heterocycles. The number of halogens is 4. The molecule has 1 fully saturated rings. The first kappa shape index (κ1) is 15.5. The number of nitrogens with two attached hydrogens (primary N) is 1. The predicted octanol–water partition coefficient (Wildman–Crippen LogP) is 1.60. The van der Waals surface area contributed by atoms with Crippen LogP contribution >= 0.6 is 12.4 Å². The molecular formula is C9H16ClF3N2O. The highest BCUT2D eigenvalue weighted by molar-refractivity contribution is 5.85. The fraction of sp³-hybridized carbons (Fsp3) is 0.889. The highest BCUT2D eigenvalue weighted by atomic mass is 35.5. The molecule has 0 aliphatic heterocycles. The second-order valence-corrected chi connectivity index (χ2v) is 3.91. The highest BCUT2D eigenvalue weighted by Crippen LogP contribution is 2.24. The third kappa shape index (κ3) is 4.57. The molecule has 0 radical (unpaired) electrons. The zero-order valence-corrected chi connectivity index (χ0v) is 9.53. The van der Waals surface area contributed by atoms with Gasteiger partial charge in [-0.25, -0.2) is 0 Å². The molecule has 7 heteroatoms. The van der Waals surface area contributed by atoms with Crippen LogP contribution in [0, 0.1) is 5.92 Å². The Labute approximate surface area is 98.4 Å². The molecule has 0 aromatic rings. The summed E-state index contributed by atoms with van der Waals surface area (Å²) in [6.07, 6.45) is -0.527. The zero-order valence-electron chi connectivity index (χ0n) is 8.72. The van der Waals surface area contributed by atoms with E-state index in [4.69, 9.17) is 5.73 Å². The number of alkyl halides is 3. The number of carbonyl (C=O) groups is 1. The van der Waals surface area contributed by atoms with Crippen LogP contribution in [-0.4, -0.2) is 24.7 Å². The van der Waals surface area contributed by atoms with Crippen LogP contribution in [0.3, 0.4) is 0 Å². The van der Waals surface area contributed by atoms with Crippen LogP contribution in [0.15, 0.2) is 0 Å². The number of hydrogen-bond acceptors (Lipinski definition) is 2. The average Bonchev–Trinajstić information content (AvgIpc) is 2.63. The maximum Gasteiger partial charge on any atom is 0.412 e. The maximum atomic E-state index is 12.0. The molecular weight excluding hydrogens is 245 g/mol. The topological polar surface area (TPSA) is 55.1 Å². The summed E-state index contributed by atoms with van der Waals surface area (Å²) in [6.45, 7) is 0.308. The van der Waals surface area contributed by atoms with Gasteiger partial charge in [0.05, 0.1) is 0 Å². The summed E-state index contributed by atoms with van der Waals surface area (Å²) in [5.74, 6) is -0.816. The van der Waals surface area contributed by atoms with E-state index in [0.717, 1.165) is 25.7 Å². The summed E-state index contributed by atoms with van der Waals surface area (Å²) < 4.78 is 36.0. The molecule has 0 aromatic carbocycles. The normalized spacial score (nSPS) is 19.0. The van der Waals surface area contributed by atoms with Crippen LogP contribution < -0.4 is 11.1 Å². The summed E-state index contributed by atoms with van der Waals surface area (Å²) in [7, 11) is 0. The second kappa shape index (κ2) is 6.30. The van der Waals surface area contributed by atoms with Crippen molar-refractivity contribution in [2.75, 3.05) is 6.54 Å². The van der Waals surface area contributed by atoms with E-state index in [2.05, 4.69) is 5.32 Å². The van der Waals surface area contributed by atoms with Gasteiger partial charge < -0.3 is 11.1 Å². The minimum atomic E-state index is -4.65. The first-order chi connectivity index (χ1) is 6.91. The van der Waals surface area contributed by atoms with Gasteiger partial charge >= 0.3 is 6.18 Å². The van der Waals surface area contributed by atoms with E-state index in [1.165, 1.54) is 0 Å². The Hall–Kier alpha value is -0.490. The van der Waals surface area contributed by atoms with Crippen molar-refractivity contribution in [2.45, 2.75) is 37.9 Å². The lowest BCUT2D eigenvalue weighted by Crippen LogP contribution is -2.50. The predicted molar refractivity (Wildman–Crippen MR) is 56.2 cm³/mol. The molecule has 1 saturated carbocycles. The Morgan fingerprint density at radius 1 is 1.38 bits per heavy atom. The van der Waals surface area contributed by atoms with Gasteiger partial charge in [-0.2, -0.15) is 13.2 Å². The summed E-state index contributed by atoms with van der Waals surface area (Å²) in [4.78, 5) is 11.0. The van der Waals surface area contributed by atoms with Crippen molar-refractivity contribution in [3.63, 3.8) is 0 Å². The van der Waals surface area contributed by atoms with Crippen molar-refractivity contribution in [1.29, 1.82) is 0 Å². The van der Waals surface area contributed by atoms with Gasteiger partial charge in [0.25, 0.3) is 0 Å². The van der Waals surface area contributed by atoms with E-state index < -0.39 is 18.1 Å². The molecule has 16 heavy (non-hydrogen) atoms. The molecule has 0 bridgehead atoms. The molecule has 1 aliphatic carbocycles. The molecule has 0 aromatic heterocycles. The Morgan fingerprint density at radius 2 is 1.88 bits per heavy atom. The quantitative estimate of drug-likeness (QED) is 0.810. The van der Waals surface area contributed by atoms with Crippen molar-refractivity contribution in [3.05, 3.63) is 0 Å². The molecule has 3 N–H and O–H groups in total. The standard InChI is InChI=1S/C9H15F3N2O.ClH/c10-9(11,12)7(13)8(15)14-5-6-3-1-2-4-6;/h6-7H,1-5,13H2,(H,14,15);1H. The zero-order chi connectivity index (χ0) is 11.5. The van der Waals surface area contributed by atoms with E-state index in [0.29, 0.717) is 12.5 Å². The van der Waals surface area contributed by atoms with Crippen LogP contribution in [0.2, 0.25) is 0 Å². The van der Waals surface area contributed by atoms with Gasteiger partial charge in [0, 0.05) is 6.54 Å². The van der Waals surface area contributed by atoms with Gasteiger partial charge in [-0.05, 0) is 18.8 Å². The lowest BCUT2D eigenvalue weighted by molar-refractivity contribution is -0.162. The Kier molecular flexibility index (Phi) is 6.10. The average molecular weight is 261 g/mol. The minimum Gasteiger partial charge on any atom is -0.354 e.